The number of fused-ring (bicyclic) bond motifs is 1. The number of nitrogens with zero attached hydrogens (tertiary/aromatic N) is 3. The maximum atomic E-state index is 10.4. The van der Waals surface area contributed by atoms with Crippen LogP contribution < -0.4 is 0 Å². The third kappa shape index (κ3) is 1.12. The molecule has 0 spiro atoms. The van der Waals surface area contributed by atoms with Crippen molar-refractivity contribution in [1.29, 1.82) is 0 Å². The van der Waals surface area contributed by atoms with Gasteiger partial charge in [-0.2, -0.15) is 0 Å². The van der Waals surface area contributed by atoms with E-state index in [4.69, 9.17) is 4.52 Å². The number of nitro groups is 1. The van der Waals surface area contributed by atoms with E-state index in [1.165, 1.54) is 6.07 Å². The maximum absolute atomic E-state index is 10.4. The molecule has 2 heterocycles. The predicted molar refractivity (Wildman–Crippen MR) is 43.2 cm³/mol. The largest absolute Gasteiger partial charge is 0.336 e. The van der Waals surface area contributed by atoms with E-state index in [0.717, 1.165) is 6.20 Å². The number of hydrogen-bond donors (Lipinski definition) is 0. The van der Waals surface area contributed by atoms with E-state index in [0.29, 0.717) is 16.8 Å². The lowest BCUT2D eigenvalue weighted by Crippen LogP contribution is -1.88. The molecule has 6 heteroatoms. The van der Waals surface area contributed by atoms with Crippen molar-refractivity contribution in [2.45, 2.75) is 6.92 Å². The Morgan fingerprint density at radius 1 is 1.62 bits per heavy atom. The fourth-order valence-corrected chi connectivity index (χ4v) is 1.03. The highest BCUT2D eigenvalue weighted by molar-refractivity contribution is 5.77. The molecule has 0 amide bonds. The summed E-state index contributed by atoms with van der Waals surface area (Å²) in [6.07, 6.45) is 1.15. The van der Waals surface area contributed by atoms with Gasteiger partial charge in [-0.05, 0) is 6.92 Å². The fourth-order valence-electron chi connectivity index (χ4n) is 1.03. The van der Waals surface area contributed by atoms with Crippen molar-refractivity contribution >= 4 is 16.8 Å². The monoisotopic (exact) mass is 179 g/mol. The van der Waals surface area contributed by atoms with Crippen LogP contribution in [0.5, 0.6) is 0 Å². The Morgan fingerprint density at radius 2 is 2.38 bits per heavy atom. The smallest absolute Gasteiger partial charge is 0.288 e. The van der Waals surface area contributed by atoms with Crippen molar-refractivity contribution < 1.29 is 9.45 Å². The summed E-state index contributed by atoms with van der Waals surface area (Å²) in [6.45, 7) is 1.71. The zero-order valence-electron chi connectivity index (χ0n) is 6.72. The quantitative estimate of drug-likeness (QED) is 0.488. The zero-order chi connectivity index (χ0) is 9.42. The molecule has 0 bridgehead atoms. The second-order valence-corrected chi connectivity index (χ2v) is 2.57. The summed E-state index contributed by atoms with van der Waals surface area (Å²) in [6, 6.07) is 1.40. The number of aryl methyl sites for hydroxylation is 1. The summed E-state index contributed by atoms with van der Waals surface area (Å²) in [4.78, 5) is 13.6. The summed E-state index contributed by atoms with van der Waals surface area (Å²) >= 11 is 0. The molecule has 0 fully saturated rings. The van der Waals surface area contributed by atoms with Crippen molar-refractivity contribution in [3.8, 4) is 0 Å². The molecule has 2 aromatic rings. The van der Waals surface area contributed by atoms with E-state index in [1.54, 1.807) is 6.92 Å². The Bertz CT molecular complexity index is 477. The molecule has 0 aliphatic rings. The summed E-state index contributed by atoms with van der Waals surface area (Å²) in [5.74, 6) is 0. The first-order valence-electron chi connectivity index (χ1n) is 3.55. The van der Waals surface area contributed by atoms with Crippen molar-refractivity contribution in [2.75, 3.05) is 0 Å². The Kier molecular flexibility index (Phi) is 1.48. The van der Waals surface area contributed by atoms with Gasteiger partial charge < -0.3 is 4.52 Å². The minimum Gasteiger partial charge on any atom is -0.336 e. The Labute approximate surface area is 72.3 Å². The second kappa shape index (κ2) is 2.51. The molecule has 0 atom stereocenters. The molecule has 0 saturated heterocycles. The molecule has 0 aliphatic carbocycles. The lowest BCUT2D eigenvalue weighted by molar-refractivity contribution is -0.385. The highest BCUT2D eigenvalue weighted by Gasteiger charge is 2.11. The van der Waals surface area contributed by atoms with Crippen molar-refractivity contribution in [3.63, 3.8) is 0 Å². The minimum absolute atomic E-state index is 0.0567. The standard InChI is InChI=1S/C7H5N3O3/c1-4-6-2-5(10(11)12)3-8-7(6)13-9-4/h2-3H,1H3. The zero-order valence-corrected chi connectivity index (χ0v) is 6.72. The van der Waals surface area contributed by atoms with Crippen LogP contribution in [-0.4, -0.2) is 15.1 Å². The van der Waals surface area contributed by atoms with Crippen LogP contribution in [0.25, 0.3) is 11.1 Å². The van der Waals surface area contributed by atoms with Crippen LogP contribution in [-0.2, 0) is 0 Å². The van der Waals surface area contributed by atoms with E-state index in [-0.39, 0.29) is 5.69 Å². The van der Waals surface area contributed by atoms with Gasteiger partial charge in [0.1, 0.15) is 6.20 Å². The Morgan fingerprint density at radius 3 is 3.08 bits per heavy atom. The molecule has 0 saturated carbocycles. The highest BCUT2D eigenvalue weighted by Crippen LogP contribution is 2.20. The highest BCUT2D eigenvalue weighted by atomic mass is 16.6. The average Bonchev–Trinajstić information content (AvgIpc) is 2.47. The number of hydrogen-bond acceptors (Lipinski definition) is 5. The summed E-state index contributed by atoms with van der Waals surface area (Å²) in [5, 5.41) is 14.6. The van der Waals surface area contributed by atoms with Gasteiger partial charge in [-0.15, -0.1) is 0 Å². The van der Waals surface area contributed by atoms with Gasteiger partial charge >= 0.3 is 0 Å². The fraction of sp³-hybridized carbons (Fsp3) is 0.143. The molecule has 0 unspecified atom stereocenters. The van der Waals surface area contributed by atoms with E-state index >= 15 is 0 Å². The molecule has 13 heavy (non-hydrogen) atoms. The Balaban J connectivity index is 2.72. The van der Waals surface area contributed by atoms with Gasteiger partial charge in [0.05, 0.1) is 16.0 Å². The van der Waals surface area contributed by atoms with Gasteiger partial charge in [0.25, 0.3) is 11.4 Å². The first kappa shape index (κ1) is 7.66. The van der Waals surface area contributed by atoms with E-state index < -0.39 is 4.92 Å². The van der Waals surface area contributed by atoms with Crippen molar-refractivity contribution in [1.82, 2.24) is 10.1 Å². The van der Waals surface area contributed by atoms with Gasteiger partial charge in [-0.1, -0.05) is 5.16 Å². The Hall–Kier alpha value is -1.98. The number of rotatable bonds is 1. The van der Waals surface area contributed by atoms with E-state index in [1.807, 2.05) is 0 Å². The molecule has 0 aromatic carbocycles. The summed E-state index contributed by atoms with van der Waals surface area (Å²) in [5.41, 5.74) is 0.869. The third-order valence-electron chi connectivity index (χ3n) is 1.71. The molecule has 0 radical (unpaired) electrons. The van der Waals surface area contributed by atoms with Crippen molar-refractivity contribution in [3.05, 3.63) is 28.1 Å². The van der Waals surface area contributed by atoms with Gasteiger partial charge in [-0.3, -0.25) is 10.1 Å². The first-order valence-corrected chi connectivity index (χ1v) is 3.55. The molecule has 0 N–H and O–H groups in total. The van der Waals surface area contributed by atoms with Crippen LogP contribution in [0.2, 0.25) is 0 Å². The summed E-state index contributed by atoms with van der Waals surface area (Å²) < 4.78 is 4.80. The topological polar surface area (TPSA) is 82.1 Å². The van der Waals surface area contributed by atoms with Crippen LogP contribution in [0, 0.1) is 17.0 Å². The van der Waals surface area contributed by atoms with Crippen LogP contribution in [0.1, 0.15) is 5.69 Å². The minimum atomic E-state index is -0.501. The molecule has 2 rings (SSSR count). The molecule has 6 nitrogen and oxygen atoms in total. The van der Waals surface area contributed by atoms with Crippen LogP contribution >= 0.6 is 0 Å². The number of pyridine rings is 1. The van der Waals surface area contributed by atoms with Gasteiger partial charge in [0.15, 0.2) is 0 Å². The van der Waals surface area contributed by atoms with Crippen LogP contribution in [0.4, 0.5) is 5.69 Å². The van der Waals surface area contributed by atoms with Crippen molar-refractivity contribution in [2.24, 2.45) is 0 Å². The average molecular weight is 179 g/mol. The first-order chi connectivity index (χ1) is 6.18. The maximum Gasteiger partial charge on any atom is 0.288 e. The molecule has 2 aromatic heterocycles. The molecular weight excluding hydrogens is 174 g/mol. The molecule has 0 aliphatic heterocycles. The SMILES string of the molecule is Cc1noc2ncc([N+](=O)[O-])cc12. The normalized spacial score (nSPS) is 10.5. The van der Waals surface area contributed by atoms with E-state index in [2.05, 4.69) is 10.1 Å². The van der Waals surface area contributed by atoms with Gasteiger partial charge in [-0.25, -0.2) is 4.98 Å². The van der Waals surface area contributed by atoms with Gasteiger partial charge in [0.2, 0.25) is 0 Å². The predicted octanol–water partition coefficient (Wildman–Crippen LogP) is 1.44. The second-order valence-electron chi connectivity index (χ2n) is 2.57. The van der Waals surface area contributed by atoms with Crippen LogP contribution in [0.3, 0.4) is 0 Å². The lowest BCUT2D eigenvalue weighted by Gasteiger charge is -1.88. The number of aromatic nitrogens is 2. The van der Waals surface area contributed by atoms with Gasteiger partial charge in [0, 0.05) is 6.07 Å². The molecular formula is C7H5N3O3. The van der Waals surface area contributed by atoms with E-state index in [9.17, 15) is 10.1 Å². The lowest BCUT2D eigenvalue weighted by atomic mass is 10.3. The third-order valence-corrected chi connectivity index (χ3v) is 1.71. The summed E-state index contributed by atoms with van der Waals surface area (Å²) in [7, 11) is 0. The molecule has 66 valence electrons. The van der Waals surface area contributed by atoms with Crippen LogP contribution in [0.15, 0.2) is 16.8 Å².